The van der Waals surface area contributed by atoms with Crippen molar-refractivity contribution in [1.82, 2.24) is 9.88 Å². The van der Waals surface area contributed by atoms with Crippen LogP contribution < -0.4 is 0 Å². The van der Waals surface area contributed by atoms with Crippen LogP contribution in [0.2, 0.25) is 0 Å². The number of fused-ring (bicyclic) bond motifs is 1. The molecule has 128 valence electrons. The smallest absolute Gasteiger partial charge is 0.323 e. The zero-order valence-corrected chi connectivity index (χ0v) is 14.3. The summed E-state index contributed by atoms with van der Waals surface area (Å²) in [5.41, 5.74) is 0.655. The van der Waals surface area contributed by atoms with Gasteiger partial charge in [0.15, 0.2) is 0 Å². The highest BCUT2D eigenvalue weighted by molar-refractivity contribution is 9.10. The number of carboxylic acid groups (broad SMARTS) is 1. The Kier molecular flexibility index (Phi) is 4.86. The molecule has 0 saturated carbocycles. The summed E-state index contributed by atoms with van der Waals surface area (Å²) in [5.74, 6) is -1.98. The topological polar surface area (TPSA) is 82.6 Å². The van der Waals surface area contributed by atoms with E-state index >= 15 is 0 Å². The van der Waals surface area contributed by atoms with Gasteiger partial charge in [-0.2, -0.15) is 0 Å². The first kappa shape index (κ1) is 16.9. The highest BCUT2D eigenvalue weighted by Crippen LogP contribution is 2.25. The number of aliphatic carboxylic acids is 1. The summed E-state index contributed by atoms with van der Waals surface area (Å²) in [7, 11) is 0. The Balaban J connectivity index is 1.94. The van der Waals surface area contributed by atoms with Gasteiger partial charge < -0.3 is 19.7 Å². The highest BCUT2D eigenvalue weighted by Gasteiger charge is 2.29. The minimum Gasteiger partial charge on any atom is -0.480 e. The predicted octanol–water partition coefficient (Wildman–Crippen LogP) is 2.78. The van der Waals surface area contributed by atoms with Gasteiger partial charge in [-0.15, -0.1) is 0 Å². The lowest BCUT2D eigenvalue weighted by Gasteiger charge is -2.32. The number of H-pyrrole nitrogens is 1. The van der Waals surface area contributed by atoms with E-state index in [4.69, 9.17) is 9.84 Å². The Labute approximate surface area is 145 Å². The number of ether oxygens (including phenoxy) is 1. The summed E-state index contributed by atoms with van der Waals surface area (Å²) in [6.07, 6.45) is 1.16. The van der Waals surface area contributed by atoms with Gasteiger partial charge in [0.2, 0.25) is 0 Å². The molecule has 2 heterocycles. The molecular formula is C16H16BrFN2O4. The fraction of sp³-hybridized carbons (Fsp3) is 0.375. The molecule has 1 aliphatic rings. The fourth-order valence-electron chi connectivity index (χ4n) is 2.94. The number of nitrogens with one attached hydrogen (secondary N) is 1. The van der Waals surface area contributed by atoms with Crippen molar-refractivity contribution in [3.05, 3.63) is 34.2 Å². The van der Waals surface area contributed by atoms with Gasteiger partial charge in [0.1, 0.15) is 18.1 Å². The summed E-state index contributed by atoms with van der Waals surface area (Å²) >= 11 is 3.21. The molecule has 8 heteroatoms. The highest BCUT2D eigenvalue weighted by atomic mass is 79.9. The molecule has 1 saturated heterocycles. The van der Waals surface area contributed by atoms with Crippen LogP contribution in [0.5, 0.6) is 0 Å². The third kappa shape index (κ3) is 3.44. The van der Waals surface area contributed by atoms with Gasteiger partial charge in [-0.25, -0.2) is 4.39 Å². The number of carbonyl (C=O) groups excluding carboxylic acids is 1. The molecule has 3 rings (SSSR count). The number of amides is 1. The van der Waals surface area contributed by atoms with Crippen LogP contribution in [0.15, 0.2) is 22.7 Å². The minimum absolute atomic E-state index is 0.176. The summed E-state index contributed by atoms with van der Waals surface area (Å²) in [5, 5.41) is 9.42. The number of nitrogens with zero attached hydrogens (tertiary/aromatic N) is 1. The normalized spacial score (nSPS) is 15.6. The fourth-order valence-corrected chi connectivity index (χ4v) is 3.37. The lowest BCUT2D eigenvalue weighted by Crippen LogP contribution is -2.46. The lowest BCUT2D eigenvalue weighted by molar-refractivity contribution is -0.138. The van der Waals surface area contributed by atoms with Gasteiger partial charge in [0.05, 0.1) is 5.52 Å². The SMILES string of the molecule is O=C(O)CN(C(=O)c1cc2c(F)cc(Br)cc2[nH]1)C1CCOCC1. The third-order valence-corrected chi connectivity index (χ3v) is 4.54. The summed E-state index contributed by atoms with van der Waals surface area (Å²) < 4.78 is 19.8. The van der Waals surface area contributed by atoms with Crippen LogP contribution in [0.4, 0.5) is 4.39 Å². The van der Waals surface area contributed by atoms with Crippen LogP contribution in [0.25, 0.3) is 10.9 Å². The number of aromatic nitrogens is 1. The summed E-state index contributed by atoms with van der Waals surface area (Å²) in [6.45, 7) is 0.579. The lowest BCUT2D eigenvalue weighted by atomic mass is 10.1. The number of hydrogen-bond acceptors (Lipinski definition) is 3. The molecular weight excluding hydrogens is 383 g/mol. The quantitative estimate of drug-likeness (QED) is 0.829. The van der Waals surface area contributed by atoms with E-state index in [1.165, 1.54) is 17.0 Å². The molecule has 1 aromatic carbocycles. The average Bonchev–Trinajstić information content (AvgIpc) is 2.97. The Morgan fingerprint density at radius 3 is 2.71 bits per heavy atom. The van der Waals surface area contributed by atoms with Crippen molar-refractivity contribution >= 4 is 38.7 Å². The maximum atomic E-state index is 14.0. The average molecular weight is 399 g/mol. The van der Waals surface area contributed by atoms with Crippen LogP contribution in [-0.2, 0) is 9.53 Å². The molecule has 1 aromatic heterocycles. The van der Waals surface area contributed by atoms with Crippen molar-refractivity contribution in [2.24, 2.45) is 0 Å². The minimum atomic E-state index is -1.08. The van der Waals surface area contributed by atoms with E-state index in [0.717, 1.165) is 0 Å². The van der Waals surface area contributed by atoms with Gasteiger partial charge in [0, 0.05) is 29.1 Å². The van der Waals surface area contributed by atoms with Gasteiger partial charge >= 0.3 is 5.97 Å². The zero-order chi connectivity index (χ0) is 17.3. The Morgan fingerprint density at radius 2 is 2.04 bits per heavy atom. The second kappa shape index (κ2) is 6.90. The van der Waals surface area contributed by atoms with Gasteiger partial charge in [-0.1, -0.05) is 15.9 Å². The largest absolute Gasteiger partial charge is 0.480 e. The van der Waals surface area contributed by atoms with Crippen LogP contribution in [-0.4, -0.2) is 52.7 Å². The van der Waals surface area contributed by atoms with Gasteiger partial charge in [-0.05, 0) is 31.0 Å². The van der Waals surface area contributed by atoms with E-state index in [9.17, 15) is 14.0 Å². The standard InChI is InChI=1S/C16H16BrFN2O4/c17-9-5-12(18)11-7-14(19-13(11)6-9)16(23)20(8-15(21)22)10-1-3-24-4-2-10/h5-7,10,19H,1-4,8H2,(H,21,22). The summed E-state index contributed by atoms with van der Waals surface area (Å²) in [6, 6.07) is 4.21. The molecule has 0 unspecified atom stereocenters. The first-order valence-electron chi connectivity index (χ1n) is 7.54. The maximum Gasteiger partial charge on any atom is 0.323 e. The van der Waals surface area contributed by atoms with Gasteiger partial charge in [0.25, 0.3) is 5.91 Å². The number of rotatable bonds is 4. The molecule has 1 fully saturated rings. The zero-order valence-electron chi connectivity index (χ0n) is 12.7. The summed E-state index contributed by atoms with van der Waals surface area (Å²) in [4.78, 5) is 28.2. The number of hydrogen-bond donors (Lipinski definition) is 2. The molecule has 2 aromatic rings. The van der Waals surface area contributed by atoms with Crippen LogP contribution in [0.3, 0.4) is 0 Å². The van der Waals surface area contributed by atoms with E-state index in [0.29, 0.717) is 41.4 Å². The monoisotopic (exact) mass is 398 g/mol. The number of benzene rings is 1. The van der Waals surface area contributed by atoms with Crippen molar-refractivity contribution < 1.29 is 23.8 Å². The van der Waals surface area contributed by atoms with Crippen molar-refractivity contribution in [1.29, 1.82) is 0 Å². The molecule has 0 atom stereocenters. The van der Waals surface area contributed by atoms with E-state index in [1.807, 2.05) is 0 Å². The first-order valence-corrected chi connectivity index (χ1v) is 8.33. The second-order valence-electron chi connectivity index (χ2n) is 5.70. The third-order valence-electron chi connectivity index (χ3n) is 4.08. The predicted molar refractivity (Wildman–Crippen MR) is 88.5 cm³/mol. The molecule has 0 spiro atoms. The van der Waals surface area contributed by atoms with E-state index in [-0.39, 0.29) is 11.7 Å². The van der Waals surface area contributed by atoms with Crippen molar-refractivity contribution in [2.75, 3.05) is 19.8 Å². The number of carbonyl (C=O) groups is 2. The molecule has 2 N–H and O–H groups in total. The Morgan fingerprint density at radius 1 is 1.33 bits per heavy atom. The van der Waals surface area contributed by atoms with Gasteiger partial charge in [-0.3, -0.25) is 9.59 Å². The second-order valence-corrected chi connectivity index (χ2v) is 6.62. The van der Waals surface area contributed by atoms with Crippen LogP contribution >= 0.6 is 15.9 Å². The molecule has 1 aliphatic heterocycles. The molecule has 6 nitrogen and oxygen atoms in total. The molecule has 1 amide bonds. The number of halogens is 2. The molecule has 0 bridgehead atoms. The molecule has 24 heavy (non-hydrogen) atoms. The molecule has 0 aliphatic carbocycles. The number of carboxylic acids is 1. The van der Waals surface area contributed by atoms with E-state index in [1.54, 1.807) is 6.07 Å². The Hall–Kier alpha value is -1.93. The van der Waals surface area contributed by atoms with Crippen molar-refractivity contribution in [2.45, 2.75) is 18.9 Å². The van der Waals surface area contributed by atoms with Crippen molar-refractivity contribution in [3.8, 4) is 0 Å². The number of aromatic amines is 1. The van der Waals surface area contributed by atoms with E-state index in [2.05, 4.69) is 20.9 Å². The molecule has 0 radical (unpaired) electrons. The van der Waals surface area contributed by atoms with Crippen molar-refractivity contribution in [3.63, 3.8) is 0 Å². The maximum absolute atomic E-state index is 14.0. The van der Waals surface area contributed by atoms with Crippen LogP contribution in [0, 0.1) is 5.82 Å². The van der Waals surface area contributed by atoms with E-state index < -0.39 is 24.2 Å². The van der Waals surface area contributed by atoms with Crippen LogP contribution in [0.1, 0.15) is 23.3 Å². The first-order chi connectivity index (χ1) is 11.5. The Bertz CT molecular complexity index is 786.